The van der Waals surface area contributed by atoms with Crippen molar-refractivity contribution in [3.05, 3.63) is 34.9 Å². The molecule has 4 heteroatoms. The van der Waals surface area contributed by atoms with Gasteiger partial charge in [-0.1, -0.05) is 0 Å². The van der Waals surface area contributed by atoms with Gasteiger partial charge < -0.3 is 5.73 Å². The van der Waals surface area contributed by atoms with Crippen LogP contribution in [-0.4, -0.2) is 6.04 Å². The lowest BCUT2D eigenvalue weighted by Crippen LogP contribution is -2.25. The zero-order chi connectivity index (χ0) is 12.4. The standard InChI is InChI=1S/C13H14F2N2/c14-12-5-9(6-13(15)11(12)7-16)8-1-3-10(17)4-2-8/h5-6,8,10H,1-4,17H2. The summed E-state index contributed by atoms with van der Waals surface area (Å²) in [6, 6.07) is 4.30. The average Bonchev–Trinajstić information content (AvgIpc) is 2.29. The first-order valence-corrected chi connectivity index (χ1v) is 5.76. The Morgan fingerprint density at radius 3 is 2.12 bits per heavy atom. The van der Waals surface area contributed by atoms with E-state index in [9.17, 15) is 8.78 Å². The van der Waals surface area contributed by atoms with Gasteiger partial charge in [-0.15, -0.1) is 0 Å². The first kappa shape index (κ1) is 12.0. The van der Waals surface area contributed by atoms with Gasteiger partial charge >= 0.3 is 0 Å². The van der Waals surface area contributed by atoms with Crippen molar-refractivity contribution in [1.82, 2.24) is 0 Å². The van der Waals surface area contributed by atoms with E-state index in [1.807, 2.05) is 0 Å². The number of nitriles is 1. The molecule has 1 aromatic rings. The second-order valence-electron chi connectivity index (χ2n) is 4.58. The van der Waals surface area contributed by atoms with Gasteiger partial charge in [-0.05, 0) is 49.3 Å². The predicted octanol–water partition coefficient (Wildman–Crippen LogP) is 2.82. The summed E-state index contributed by atoms with van der Waals surface area (Å²) >= 11 is 0. The molecule has 1 aliphatic carbocycles. The normalized spacial score (nSPS) is 24.4. The molecular formula is C13H14F2N2. The molecule has 0 atom stereocenters. The van der Waals surface area contributed by atoms with Crippen LogP contribution in [0.4, 0.5) is 8.78 Å². The van der Waals surface area contributed by atoms with Crippen LogP contribution in [0.3, 0.4) is 0 Å². The van der Waals surface area contributed by atoms with Gasteiger partial charge in [0, 0.05) is 6.04 Å². The average molecular weight is 236 g/mol. The highest BCUT2D eigenvalue weighted by atomic mass is 19.1. The van der Waals surface area contributed by atoms with Gasteiger partial charge in [-0.25, -0.2) is 8.78 Å². The van der Waals surface area contributed by atoms with Gasteiger partial charge in [0.25, 0.3) is 0 Å². The molecule has 0 saturated heterocycles. The maximum atomic E-state index is 13.5. The van der Waals surface area contributed by atoms with E-state index in [4.69, 9.17) is 11.0 Å². The van der Waals surface area contributed by atoms with Crippen LogP contribution in [0.5, 0.6) is 0 Å². The van der Waals surface area contributed by atoms with Crippen LogP contribution in [0.25, 0.3) is 0 Å². The number of hydrogen-bond acceptors (Lipinski definition) is 2. The molecular weight excluding hydrogens is 222 g/mol. The summed E-state index contributed by atoms with van der Waals surface area (Å²) < 4.78 is 26.9. The molecule has 0 radical (unpaired) electrons. The molecule has 0 spiro atoms. The van der Waals surface area contributed by atoms with Crippen LogP contribution in [0.2, 0.25) is 0 Å². The van der Waals surface area contributed by atoms with E-state index in [-0.39, 0.29) is 12.0 Å². The topological polar surface area (TPSA) is 49.8 Å². The van der Waals surface area contributed by atoms with Gasteiger partial charge in [-0.2, -0.15) is 5.26 Å². The van der Waals surface area contributed by atoms with Crippen molar-refractivity contribution in [2.45, 2.75) is 37.6 Å². The molecule has 0 amide bonds. The molecule has 0 bridgehead atoms. The SMILES string of the molecule is N#Cc1c(F)cc(C2CCC(N)CC2)cc1F. The minimum absolute atomic E-state index is 0.159. The van der Waals surface area contributed by atoms with Crippen LogP contribution >= 0.6 is 0 Å². The van der Waals surface area contributed by atoms with Crippen molar-refractivity contribution < 1.29 is 8.78 Å². The van der Waals surface area contributed by atoms with E-state index in [0.29, 0.717) is 5.56 Å². The molecule has 0 aliphatic heterocycles. The Labute approximate surface area is 99.0 Å². The zero-order valence-corrected chi connectivity index (χ0v) is 9.42. The number of halogens is 2. The zero-order valence-electron chi connectivity index (χ0n) is 9.42. The third kappa shape index (κ3) is 2.45. The Hall–Kier alpha value is -1.47. The molecule has 0 heterocycles. The fraction of sp³-hybridized carbons (Fsp3) is 0.462. The number of nitrogens with two attached hydrogens (primary N) is 1. The molecule has 2 rings (SSSR count). The van der Waals surface area contributed by atoms with Crippen molar-refractivity contribution in [1.29, 1.82) is 5.26 Å². The second-order valence-corrected chi connectivity index (χ2v) is 4.58. The van der Waals surface area contributed by atoms with Gasteiger partial charge in [0.2, 0.25) is 0 Å². The summed E-state index contributed by atoms with van der Waals surface area (Å²) in [6.45, 7) is 0. The largest absolute Gasteiger partial charge is 0.328 e. The van der Waals surface area contributed by atoms with Crippen molar-refractivity contribution in [2.75, 3.05) is 0 Å². The van der Waals surface area contributed by atoms with E-state index in [0.717, 1.165) is 25.7 Å². The van der Waals surface area contributed by atoms with E-state index in [2.05, 4.69) is 0 Å². The van der Waals surface area contributed by atoms with E-state index in [1.54, 1.807) is 0 Å². The molecule has 0 unspecified atom stereocenters. The lowest BCUT2D eigenvalue weighted by Gasteiger charge is -2.26. The lowest BCUT2D eigenvalue weighted by molar-refractivity contribution is 0.393. The Morgan fingerprint density at radius 2 is 1.65 bits per heavy atom. The van der Waals surface area contributed by atoms with Crippen LogP contribution in [0.15, 0.2) is 12.1 Å². The molecule has 17 heavy (non-hydrogen) atoms. The molecule has 1 saturated carbocycles. The van der Waals surface area contributed by atoms with Gasteiger partial charge in [0.05, 0.1) is 0 Å². The fourth-order valence-corrected chi connectivity index (χ4v) is 2.39. The Balaban J connectivity index is 2.26. The Bertz CT molecular complexity index is 434. The first-order valence-electron chi connectivity index (χ1n) is 5.76. The van der Waals surface area contributed by atoms with Crippen molar-refractivity contribution in [2.24, 2.45) is 5.73 Å². The van der Waals surface area contributed by atoms with Gasteiger partial charge in [0.1, 0.15) is 23.3 Å². The number of benzene rings is 1. The summed E-state index contributed by atoms with van der Waals surface area (Å²) in [5.41, 5.74) is 5.93. The highest BCUT2D eigenvalue weighted by Crippen LogP contribution is 2.33. The summed E-state index contributed by atoms with van der Waals surface area (Å²) in [7, 11) is 0. The Kier molecular flexibility index (Phi) is 3.39. The first-order chi connectivity index (χ1) is 8.11. The number of hydrogen-bond donors (Lipinski definition) is 1. The summed E-state index contributed by atoms with van der Waals surface area (Å²) in [6.07, 6.45) is 3.47. The van der Waals surface area contributed by atoms with E-state index in [1.165, 1.54) is 18.2 Å². The minimum Gasteiger partial charge on any atom is -0.328 e. The maximum absolute atomic E-state index is 13.5. The summed E-state index contributed by atoms with van der Waals surface area (Å²) in [5, 5.41) is 8.59. The van der Waals surface area contributed by atoms with Crippen molar-refractivity contribution in [3.8, 4) is 6.07 Å². The molecule has 1 aliphatic rings. The van der Waals surface area contributed by atoms with Crippen molar-refractivity contribution >= 4 is 0 Å². The third-order valence-corrected chi connectivity index (χ3v) is 3.42. The highest BCUT2D eigenvalue weighted by molar-refractivity contribution is 5.36. The molecule has 0 aromatic heterocycles. The van der Waals surface area contributed by atoms with E-state index >= 15 is 0 Å². The lowest BCUT2D eigenvalue weighted by atomic mass is 9.82. The van der Waals surface area contributed by atoms with Gasteiger partial charge in [0.15, 0.2) is 0 Å². The van der Waals surface area contributed by atoms with E-state index < -0.39 is 17.2 Å². The Morgan fingerprint density at radius 1 is 1.12 bits per heavy atom. The summed E-state index contributed by atoms with van der Waals surface area (Å²) in [5.74, 6) is -1.37. The molecule has 2 nitrogen and oxygen atoms in total. The smallest absolute Gasteiger partial charge is 0.144 e. The van der Waals surface area contributed by atoms with Crippen LogP contribution in [0.1, 0.15) is 42.7 Å². The predicted molar refractivity (Wildman–Crippen MR) is 60.3 cm³/mol. The second kappa shape index (κ2) is 4.80. The number of nitrogens with zero attached hydrogens (tertiary/aromatic N) is 1. The molecule has 1 fully saturated rings. The van der Waals surface area contributed by atoms with Crippen LogP contribution in [-0.2, 0) is 0 Å². The quantitative estimate of drug-likeness (QED) is 0.815. The van der Waals surface area contributed by atoms with Gasteiger partial charge in [-0.3, -0.25) is 0 Å². The fourth-order valence-electron chi connectivity index (χ4n) is 2.39. The maximum Gasteiger partial charge on any atom is 0.144 e. The molecule has 1 aromatic carbocycles. The molecule has 2 N–H and O–H groups in total. The van der Waals surface area contributed by atoms with Crippen molar-refractivity contribution in [3.63, 3.8) is 0 Å². The summed E-state index contributed by atoms with van der Waals surface area (Å²) in [4.78, 5) is 0. The minimum atomic E-state index is -0.766. The molecule has 90 valence electrons. The van der Waals surface area contributed by atoms with Crippen LogP contribution < -0.4 is 5.73 Å². The monoisotopic (exact) mass is 236 g/mol. The highest BCUT2D eigenvalue weighted by Gasteiger charge is 2.22. The third-order valence-electron chi connectivity index (χ3n) is 3.42. The van der Waals surface area contributed by atoms with Crippen LogP contribution in [0, 0.1) is 23.0 Å². The number of rotatable bonds is 1.